The van der Waals surface area contributed by atoms with Crippen LogP contribution in [0.4, 0.5) is 15.8 Å². The monoisotopic (exact) mass is 442 g/mol. The number of thioether (sulfide) groups is 1. The van der Waals surface area contributed by atoms with Crippen molar-refractivity contribution in [3.63, 3.8) is 0 Å². The van der Waals surface area contributed by atoms with E-state index in [9.17, 15) is 14.0 Å². The molecular formula is C21H19FN4O4S. The maximum Gasteiger partial charge on any atom is 0.277 e. The first kappa shape index (κ1) is 20.9. The minimum atomic E-state index is -0.678. The van der Waals surface area contributed by atoms with E-state index in [0.717, 1.165) is 11.8 Å². The number of rotatable bonds is 6. The van der Waals surface area contributed by atoms with Crippen LogP contribution < -0.4 is 15.0 Å². The van der Waals surface area contributed by atoms with Gasteiger partial charge in [0.25, 0.3) is 11.1 Å². The summed E-state index contributed by atoms with van der Waals surface area (Å²) >= 11 is 1.08. The van der Waals surface area contributed by atoms with E-state index < -0.39 is 17.2 Å². The largest absolute Gasteiger partial charge is 0.478 e. The Kier molecular flexibility index (Phi) is 5.90. The van der Waals surface area contributed by atoms with Gasteiger partial charge in [-0.05, 0) is 38.1 Å². The summed E-state index contributed by atoms with van der Waals surface area (Å²) in [6, 6.07) is 13.1. The van der Waals surface area contributed by atoms with E-state index in [1.165, 1.54) is 17.0 Å². The standard InChI is InChI=1S/C21H19FN4O4S/c1-12(29-17-10-6-3-7-14(17)22)19-24-25-21(30-19)31-13(2)20(28)26-11-18(27)23-15-8-4-5-9-16(15)26/h3-10,12-13H,11H2,1-2H3,(H,23,27)/t12-,13-/m0/s1. The maximum atomic E-state index is 13.8. The van der Waals surface area contributed by atoms with Crippen molar-refractivity contribution >= 4 is 35.0 Å². The van der Waals surface area contributed by atoms with Gasteiger partial charge in [0, 0.05) is 0 Å². The molecule has 160 valence electrons. The fraction of sp³-hybridized carbons (Fsp3) is 0.238. The molecule has 2 atom stereocenters. The lowest BCUT2D eigenvalue weighted by atomic mass is 10.2. The number of anilines is 2. The van der Waals surface area contributed by atoms with Gasteiger partial charge in [0.05, 0.1) is 16.6 Å². The number of nitrogens with one attached hydrogen (secondary N) is 1. The Hall–Kier alpha value is -3.40. The van der Waals surface area contributed by atoms with Crippen LogP contribution in [0.15, 0.2) is 58.2 Å². The topological polar surface area (TPSA) is 97.6 Å². The number of carbonyl (C=O) groups excluding carboxylic acids is 2. The Labute approximate surface area is 181 Å². The molecule has 0 bridgehead atoms. The summed E-state index contributed by atoms with van der Waals surface area (Å²) < 4.78 is 24.9. The predicted octanol–water partition coefficient (Wildman–Crippen LogP) is 3.81. The molecule has 2 aromatic carbocycles. The third-order valence-corrected chi connectivity index (χ3v) is 5.49. The second-order valence-electron chi connectivity index (χ2n) is 6.85. The SMILES string of the molecule is C[C@H](Sc1nnc([C@H](C)Oc2ccccc2F)o1)C(=O)N1CC(=O)Nc2ccccc21. The van der Waals surface area contributed by atoms with E-state index in [1.54, 1.807) is 50.2 Å². The Bertz CT molecular complexity index is 1120. The van der Waals surface area contributed by atoms with Gasteiger partial charge in [0.1, 0.15) is 6.54 Å². The predicted molar refractivity (Wildman–Crippen MR) is 112 cm³/mol. The van der Waals surface area contributed by atoms with Crippen LogP contribution in [0.3, 0.4) is 0 Å². The summed E-state index contributed by atoms with van der Waals surface area (Å²) in [4.78, 5) is 26.4. The normalized spacial score (nSPS) is 15.1. The lowest BCUT2D eigenvalue weighted by molar-refractivity contribution is -0.121. The summed E-state index contributed by atoms with van der Waals surface area (Å²) in [7, 11) is 0. The molecule has 0 spiro atoms. The van der Waals surface area contributed by atoms with Gasteiger partial charge in [-0.15, -0.1) is 10.2 Å². The van der Waals surface area contributed by atoms with Crippen LogP contribution in [0, 0.1) is 5.82 Å². The highest BCUT2D eigenvalue weighted by atomic mass is 32.2. The lowest BCUT2D eigenvalue weighted by Crippen LogP contribution is -2.45. The Balaban J connectivity index is 1.43. The summed E-state index contributed by atoms with van der Waals surface area (Å²) in [5.41, 5.74) is 1.22. The molecule has 0 saturated carbocycles. The zero-order valence-corrected chi connectivity index (χ0v) is 17.6. The first-order valence-electron chi connectivity index (χ1n) is 9.54. The second-order valence-corrected chi connectivity index (χ2v) is 8.14. The highest BCUT2D eigenvalue weighted by Gasteiger charge is 2.31. The van der Waals surface area contributed by atoms with Crippen molar-refractivity contribution in [1.82, 2.24) is 10.2 Å². The molecule has 1 N–H and O–H groups in total. The highest BCUT2D eigenvalue weighted by molar-refractivity contribution is 8.00. The summed E-state index contributed by atoms with van der Waals surface area (Å²) in [6.07, 6.45) is -0.678. The first-order chi connectivity index (χ1) is 14.9. The van der Waals surface area contributed by atoms with Crippen molar-refractivity contribution < 1.29 is 23.1 Å². The Morgan fingerprint density at radius 2 is 1.94 bits per heavy atom. The number of benzene rings is 2. The molecule has 0 saturated heterocycles. The average Bonchev–Trinajstić information content (AvgIpc) is 3.22. The van der Waals surface area contributed by atoms with Crippen molar-refractivity contribution in [2.24, 2.45) is 0 Å². The van der Waals surface area contributed by atoms with E-state index >= 15 is 0 Å². The lowest BCUT2D eigenvalue weighted by Gasteiger charge is -2.30. The van der Waals surface area contributed by atoms with Gasteiger partial charge in [0.15, 0.2) is 17.7 Å². The zero-order valence-electron chi connectivity index (χ0n) is 16.7. The van der Waals surface area contributed by atoms with E-state index in [4.69, 9.17) is 9.15 Å². The van der Waals surface area contributed by atoms with Gasteiger partial charge in [-0.2, -0.15) is 0 Å². The summed E-state index contributed by atoms with van der Waals surface area (Å²) in [5.74, 6) is -0.777. The number of ether oxygens (including phenoxy) is 1. The van der Waals surface area contributed by atoms with Crippen LogP contribution in [0.2, 0.25) is 0 Å². The third-order valence-electron chi connectivity index (χ3n) is 4.57. The van der Waals surface area contributed by atoms with Gasteiger partial charge in [-0.25, -0.2) is 4.39 Å². The van der Waals surface area contributed by atoms with Gasteiger partial charge in [-0.1, -0.05) is 36.0 Å². The fourth-order valence-electron chi connectivity index (χ4n) is 3.06. The maximum absolute atomic E-state index is 13.8. The number of carbonyl (C=O) groups is 2. The van der Waals surface area contributed by atoms with Crippen LogP contribution in [-0.2, 0) is 9.59 Å². The molecule has 1 aliphatic heterocycles. The Morgan fingerprint density at radius 3 is 2.74 bits per heavy atom. The highest BCUT2D eigenvalue weighted by Crippen LogP contribution is 2.32. The van der Waals surface area contributed by atoms with Gasteiger partial charge in [-0.3, -0.25) is 14.5 Å². The van der Waals surface area contributed by atoms with Crippen LogP contribution in [-0.4, -0.2) is 33.8 Å². The average molecular weight is 442 g/mol. The summed E-state index contributed by atoms with van der Waals surface area (Å²) in [5, 5.41) is 10.2. The molecule has 0 fully saturated rings. The molecule has 2 heterocycles. The molecule has 4 rings (SSSR count). The van der Waals surface area contributed by atoms with E-state index in [0.29, 0.717) is 11.4 Å². The number of aromatic nitrogens is 2. The van der Waals surface area contributed by atoms with Gasteiger partial charge >= 0.3 is 0 Å². The molecular weight excluding hydrogens is 423 g/mol. The number of amides is 2. The molecule has 0 aliphatic carbocycles. The molecule has 0 unspecified atom stereocenters. The number of para-hydroxylation sites is 3. The number of nitrogens with zero attached hydrogens (tertiary/aromatic N) is 3. The molecule has 1 aliphatic rings. The molecule has 8 nitrogen and oxygen atoms in total. The summed E-state index contributed by atoms with van der Waals surface area (Å²) in [6.45, 7) is 3.29. The smallest absolute Gasteiger partial charge is 0.277 e. The quantitative estimate of drug-likeness (QED) is 0.580. The molecule has 3 aromatic rings. The van der Waals surface area contributed by atoms with E-state index in [1.807, 2.05) is 0 Å². The molecule has 10 heteroatoms. The molecule has 1 aromatic heterocycles. The third kappa shape index (κ3) is 4.53. The van der Waals surface area contributed by atoms with Crippen LogP contribution in [0.25, 0.3) is 0 Å². The van der Waals surface area contributed by atoms with Gasteiger partial charge in [0.2, 0.25) is 11.8 Å². The Morgan fingerprint density at radius 1 is 1.19 bits per heavy atom. The number of hydrogen-bond donors (Lipinski definition) is 1. The van der Waals surface area contributed by atoms with Crippen LogP contribution in [0.1, 0.15) is 25.8 Å². The molecule has 0 radical (unpaired) electrons. The second kappa shape index (κ2) is 8.76. The number of hydrogen-bond acceptors (Lipinski definition) is 7. The minimum absolute atomic E-state index is 0.0661. The molecule has 2 amide bonds. The van der Waals surface area contributed by atoms with E-state index in [-0.39, 0.29) is 35.2 Å². The van der Waals surface area contributed by atoms with Crippen LogP contribution >= 0.6 is 11.8 Å². The first-order valence-corrected chi connectivity index (χ1v) is 10.4. The van der Waals surface area contributed by atoms with Crippen molar-refractivity contribution in [3.8, 4) is 5.75 Å². The van der Waals surface area contributed by atoms with Crippen molar-refractivity contribution in [2.45, 2.75) is 30.4 Å². The fourth-order valence-corrected chi connectivity index (χ4v) is 3.82. The van der Waals surface area contributed by atoms with E-state index in [2.05, 4.69) is 15.5 Å². The van der Waals surface area contributed by atoms with Crippen molar-refractivity contribution in [1.29, 1.82) is 0 Å². The van der Waals surface area contributed by atoms with Crippen molar-refractivity contribution in [2.75, 3.05) is 16.8 Å². The number of halogens is 1. The van der Waals surface area contributed by atoms with Crippen molar-refractivity contribution in [3.05, 3.63) is 60.2 Å². The zero-order chi connectivity index (χ0) is 22.0. The number of fused-ring (bicyclic) bond motifs is 1. The minimum Gasteiger partial charge on any atom is -0.478 e. The van der Waals surface area contributed by atoms with Crippen LogP contribution in [0.5, 0.6) is 5.75 Å². The molecule has 31 heavy (non-hydrogen) atoms. The van der Waals surface area contributed by atoms with Gasteiger partial charge < -0.3 is 14.5 Å².